The highest BCUT2D eigenvalue weighted by molar-refractivity contribution is 7.98. The molecule has 0 amide bonds. The van der Waals surface area contributed by atoms with E-state index in [1.807, 2.05) is 6.26 Å². The van der Waals surface area contributed by atoms with E-state index in [1.54, 1.807) is 30.5 Å². The second kappa shape index (κ2) is 5.05. The fraction of sp³-hybridized carbons (Fsp3) is 0.0714. The molecule has 0 unspecified atom stereocenters. The van der Waals surface area contributed by atoms with Gasteiger partial charge in [0, 0.05) is 17.1 Å². The lowest BCUT2D eigenvalue weighted by Crippen LogP contribution is -2.10. The van der Waals surface area contributed by atoms with Crippen LogP contribution >= 0.6 is 11.8 Å². The molecule has 1 N–H and O–H groups in total. The van der Waals surface area contributed by atoms with Gasteiger partial charge in [0.15, 0.2) is 5.16 Å². The number of hydrogen-bond acceptors (Lipinski definition) is 4. The largest absolute Gasteiger partial charge is 0.306 e. The zero-order valence-electron chi connectivity index (χ0n) is 10.6. The van der Waals surface area contributed by atoms with Gasteiger partial charge in [-0.1, -0.05) is 30.0 Å². The monoisotopic (exact) mass is 287 g/mol. The van der Waals surface area contributed by atoms with Crippen molar-refractivity contribution in [3.8, 4) is 11.1 Å². The summed E-state index contributed by atoms with van der Waals surface area (Å²) in [5.41, 5.74) is 0.628. The zero-order valence-corrected chi connectivity index (χ0v) is 11.4. The smallest absolute Gasteiger partial charge is 0.257 e. The summed E-state index contributed by atoms with van der Waals surface area (Å²) in [4.78, 5) is 23.1. The van der Waals surface area contributed by atoms with Crippen molar-refractivity contribution in [3.63, 3.8) is 0 Å². The average Bonchev–Trinajstić information content (AvgIpc) is 2.47. The maximum Gasteiger partial charge on any atom is 0.257 e. The number of fused-ring (bicyclic) bond motifs is 1. The minimum atomic E-state index is -0.431. The Kier molecular flexibility index (Phi) is 3.23. The number of nitrogens with one attached hydrogen (secondary N) is 1. The number of thioether (sulfide) groups is 1. The summed E-state index contributed by atoms with van der Waals surface area (Å²) >= 11 is 1.39. The standard InChI is InChI=1S/C14H10FN3OS/c1-20-14-16-7-8-6-10(13(19)17-12(8)18-14)9-4-2-3-5-11(9)15/h2-7H,1H3,(H,16,17,18,19). The number of nitrogens with zero attached hydrogens (tertiary/aromatic N) is 2. The molecule has 20 heavy (non-hydrogen) atoms. The van der Waals surface area contributed by atoms with Gasteiger partial charge in [0.2, 0.25) is 0 Å². The molecule has 0 saturated carbocycles. The van der Waals surface area contributed by atoms with Gasteiger partial charge in [-0.2, -0.15) is 0 Å². The second-order valence-corrected chi connectivity index (χ2v) is 4.93. The number of hydrogen-bond donors (Lipinski definition) is 1. The van der Waals surface area contributed by atoms with Gasteiger partial charge in [-0.3, -0.25) is 4.79 Å². The molecule has 3 aromatic rings. The van der Waals surface area contributed by atoms with E-state index in [0.29, 0.717) is 16.2 Å². The van der Waals surface area contributed by atoms with Gasteiger partial charge >= 0.3 is 0 Å². The van der Waals surface area contributed by atoms with Crippen LogP contribution < -0.4 is 5.56 Å². The SMILES string of the molecule is CSc1ncc2cc(-c3ccccc3F)c(=O)[nH]c2n1. The Bertz CT molecular complexity index is 847. The van der Waals surface area contributed by atoms with Gasteiger partial charge < -0.3 is 4.98 Å². The number of H-pyrrole nitrogens is 1. The first kappa shape index (κ1) is 12.8. The van der Waals surface area contributed by atoms with Gasteiger partial charge in [-0.05, 0) is 18.4 Å². The minimum absolute atomic E-state index is 0.268. The molecule has 6 heteroatoms. The van der Waals surface area contributed by atoms with Gasteiger partial charge in [-0.15, -0.1) is 0 Å². The van der Waals surface area contributed by atoms with E-state index in [4.69, 9.17) is 0 Å². The fourth-order valence-electron chi connectivity index (χ4n) is 1.95. The van der Waals surface area contributed by atoms with Crippen LogP contribution in [-0.4, -0.2) is 21.2 Å². The van der Waals surface area contributed by atoms with E-state index in [2.05, 4.69) is 15.0 Å². The van der Waals surface area contributed by atoms with Gasteiger partial charge in [-0.25, -0.2) is 14.4 Å². The van der Waals surface area contributed by atoms with E-state index in [0.717, 1.165) is 0 Å². The molecule has 0 saturated heterocycles. The molecule has 1 aromatic carbocycles. The minimum Gasteiger partial charge on any atom is -0.306 e. The molecule has 100 valence electrons. The van der Waals surface area contributed by atoms with E-state index >= 15 is 0 Å². The number of pyridine rings is 1. The molecule has 2 aromatic heterocycles. The lowest BCUT2D eigenvalue weighted by atomic mass is 10.1. The summed E-state index contributed by atoms with van der Waals surface area (Å²) in [7, 11) is 0. The summed E-state index contributed by atoms with van der Waals surface area (Å²) in [6.45, 7) is 0. The van der Waals surface area contributed by atoms with E-state index in [-0.39, 0.29) is 16.7 Å². The first-order valence-corrected chi connectivity index (χ1v) is 7.10. The predicted molar refractivity (Wildman–Crippen MR) is 77.3 cm³/mol. The average molecular weight is 287 g/mol. The van der Waals surface area contributed by atoms with Crippen molar-refractivity contribution in [3.05, 3.63) is 52.7 Å². The van der Waals surface area contributed by atoms with Crippen molar-refractivity contribution in [2.24, 2.45) is 0 Å². The van der Waals surface area contributed by atoms with Crippen LogP contribution in [0.15, 0.2) is 46.5 Å². The Morgan fingerprint density at radius 1 is 1.25 bits per heavy atom. The highest BCUT2D eigenvalue weighted by Crippen LogP contribution is 2.22. The fourth-order valence-corrected chi connectivity index (χ4v) is 2.30. The van der Waals surface area contributed by atoms with Gasteiger partial charge in [0.05, 0.1) is 5.56 Å². The van der Waals surface area contributed by atoms with E-state index < -0.39 is 5.82 Å². The summed E-state index contributed by atoms with van der Waals surface area (Å²) in [5, 5.41) is 1.24. The molecule has 0 radical (unpaired) electrons. The first-order valence-electron chi connectivity index (χ1n) is 5.88. The van der Waals surface area contributed by atoms with Crippen molar-refractivity contribution in [1.82, 2.24) is 15.0 Å². The number of rotatable bonds is 2. The van der Waals surface area contributed by atoms with Crippen LogP contribution in [0.1, 0.15) is 0 Å². The van der Waals surface area contributed by atoms with Crippen LogP contribution in [0.4, 0.5) is 4.39 Å². The number of halogens is 1. The second-order valence-electron chi connectivity index (χ2n) is 4.15. The zero-order chi connectivity index (χ0) is 14.1. The first-order chi connectivity index (χ1) is 9.69. The molecular weight excluding hydrogens is 277 g/mol. The lowest BCUT2D eigenvalue weighted by molar-refractivity contribution is 0.631. The Hall–Kier alpha value is -2.21. The van der Waals surface area contributed by atoms with E-state index in [1.165, 1.54) is 17.8 Å². The Morgan fingerprint density at radius 2 is 2.05 bits per heavy atom. The summed E-state index contributed by atoms with van der Waals surface area (Å²) in [5.74, 6) is -0.431. The summed E-state index contributed by atoms with van der Waals surface area (Å²) < 4.78 is 13.8. The normalized spacial score (nSPS) is 10.9. The summed E-state index contributed by atoms with van der Waals surface area (Å²) in [6, 6.07) is 7.78. The lowest BCUT2D eigenvalue weighted by Gasteiger charge is -2.04. The van der Waals surface area contributed by atoms with Gasteiger partial charge in [0.25, 0.3) is 5.56 Å². The van der Waals surface area contributed by atoms with Crippen LogP contribution in [0.2, 0.25) is 0 Å². The van der Waals surface area contributed by atoms with E-state index in [9.17, 15) is 9.18 Å². The topological polar surface area (TPSA) is 58.6 Å². The Balaban J connectivity index is 2.26. The van der Waals surface area contributed by atoms with Crippen molar-refractivity contribution in [2.75, 3.05) is 6.26 Å². The van der Waals surface area contributed by atoms with Crippen molar-refractivity contribution in [1.29, 1.82) is 0 Å². The Labute approximate surface area is 118 Å². The highest BCUT2D eigenvalue weighted by Gasteiger charge is 2.10. The van der Waals surface area contributed by atoms with Crippen LogP contribution in [0.3, 0.4) is 0 Å². The highest BCUT2D eigenvalue weighted by atomic mass is 32.2. The molecule has 3 rings (SSSR count). The maximum atomic E-state index is 13.8. The molecular formula is C14H10FN3OS. The van der Waals surface area contributed by atoms with Gasteiger partial charge in [0.1, 0.15) is 11.5 Å². The molecule has 0 spiro atoms. The molecule has 0 fully saturated rings. The third-order valence-corrected chi connectivity index (χ3v) is 3.48. The molecule has 0 aliphatic heterocycles. The maximum absolute atomic E-state index is 13.8. The molecule has 0 aliphatic rings. The van der Waals surface area contributed by atoms with Crippen molar-refractivity contribution < 1.29 is 4.39 Å². The predicted octanol–water partition coefficient (Wildman–Crippen LogP) is 2.85. The van der Waals surface area contributed by atoms with Crippen molar-refractivity contribution >= 4 is 22.8 Å². The van der Waals surface area contributed by atoms with Crippen LogP contribution in [0.25, 0.3) is 22.2 Å². The number of aromatic amines is 1. The summed E-state index contributed by atoms with van der Waals surface area (Å²) in [6.07, 6.45) is 3.47. The molecule has 0 bridgehead atoms. The van der Waals surface area contributed by atoms with Crippen LogP contribution in [-0.2, 0) is 0 Å². The van der Waals surface area contributed by atoms with Crippen LogP contribution in [0.5, 0.6) is 0 Å². The molecule has 2 heterocycles. The molecule has 4 nitrogen and oxygen atoms in total. The third-order valence-electron chi connectivity index (χ3n) is 2.92. The quantitative estimate of drug-likeness (QED) is 0.581. The third kappa shape index (κ3) is 2.18. The van der Waals surface area contributed by atoms with Crippen molar-refractivity contribution in [2.45, 2.75) is 5.16 Å². The molecule has 0 aliphatic carbocycles. The number of benzene rings is 1. The number of aromatic nitrogens is 3. The molecule has 0 atom stereocenters. The Morgan fingerprint density at radius 3 is 2.80 bits per heavy atom. The van der Waals surface area contributed by atoms with Crippen LogP contribution in [0, 0.1) is 5.82 Å².